The molecule has 0 aliphatic carbocycles. The highest BCUT2D eigenvalue weighted by atomic mass is 16.2. The number of aromatic amines is 1. The van der Waals surface area contributed by atoms with Gasteiger partial charge in [0.25, 0.3) is 0 Å². The maximum absolute atomic E-state index is 11.6. The predicted octanol–water partition coefficient (Wildman–Crippen LogP) is -0.180. The van der Waals surface area contributed by atoms with Gasteiger partial charge in [0.05, 0.1) is 6.04 Å². The Bertz CT molecular complexity index is 303. The zero-order valence-electron chi connectivity index (χ0n) is 8.62. The topological polar surface area (TPSA) is 69.8 Å². The lowest BCUT2D eigenvalue weighted by Gasteiger charge is -2.10. The summed E-state index contributed by atoms with van der Waals surface area (Å²) in [4.78, 5) is 18.7. The number of hydrogen-bond acceptors (Lipinski definition) is 3. The minimum atomic E-state index is 0.0154. The predicted molar refractivity (Wildman–Crippen MR) is 56.3 cm³/mol. The maximum atomic E-state index is 11.6. The molecule has 0 aromatic carbocycles. The van der Waals surface area contributed by atoms with Gasteiger partial charge in [-0.15, -0.1) is 0 Å². The highest BCUT2D eigenvalue weighted by Gasteiger charge is 2.21. The smallest absolute Gasteiger partial charge is 0.237 e. The molecular formula is C10H16N4O. The fourth-order valence-corrected chi connectivity index (χ4v) is 1.77. The normalized spacial score (nSPS) is 20.4. The number of nitrogens with zero attached hydrogens (tertiary/aromatic N) is 1. The summed E-state index contributed by atoms with van der Waals surface area (Å²) in [6.45, 7) is 1.60. The van der Waals surface area contributed by atoms with Crippen LogP contribution < -0.4 is 10.6 Å². The molecule has 1 aromatic rings. The van der Waals surface area contributed by atoms with E-state index in [1.165, 1.54) is 0 Å². The summed E-state index contributed by atoms with van der Waals surface area (Å²) in [6.07, 6.45) is 6.31. The number of hydrogen-bond donors (Lipinski definition) is 3. The lowest BCUT2D eigenvalue weighted by atomic mass is 10.2. The number of imidazole rings is 1. The highest BCUT2D eigenvalue weighted by molar-refractivity contribution is 5.81. The number of H-pyrrole nitrogens is 1. The van der Waals surface area contributed by atoms with Crippen LogP contribution in [0.5, 0.6) is 0 Å². The van der Waals surface area contributed by atoms with Crippen LogP contribution in [-0.2, 0) is 11.2 Å². The van der Waals surface area contributed by atoms with Gasteiger partial charge in [-0.05, 0) is 19.4 Å². The van der Waals surface area contributed by atoms with Crippen LogP contribution in [0.4, 0.5) is 0 Å². The van der Waals surface area contributed by atoms with Crippen molar-refractivity contribution in [3.63, 3.8) is 0 Å². The van der Waals surface area contributed by atoms with Gasteiger partial charge >= 0.3 is 0 Å². The second-order valence-electron chi connectivity index (χ2n) is 3.73. The molecule has 1 fully saturated rings. The van der Waals surface area contributed by atoms with E-state index < -0.39 is 0 Å². The number of aromatic nitrogens is 2. The molecule has 5 nitrogen and oxygen atoms in total. The molecule has 0 radical (unpaired) electrons. The molecule has 15 heavy (non-hydrogen) atoms. The van der Waals surface area contributed by atoms with Crippen molar-refractivity contribution in [3.05, 3.63) is 18.2 Å². The molecule has 2 rings (SSSR count). The summed E-state index contributed by atoms with van der Waals surface area (Å²) < 4.78 is 0. The van der Waals surface area contributed by atoms with Gasteiger partial charge in [0.15, 0.2) is 0 Å². The molecule has 2 heterocycles. The number of carbonyl (C=O) groups excluding carboxylic acids is 1. The second kappa shape index (κ2) is 4.93. The fourth-order valence-electron chi connectivity index (χ4n) is 1.77. The van der Waals surface area contributed by atoms with E-state index in [1.54, 1.807) is 12.4 Å². The summed E-state index contributed by atoms with van der Waals surface area (Å²) >= 11 is 0. The molecule has 1 aromatic heterocycles. The molecule has 0 saturated carbocycles. The third-order valence-corrected chi connectivity index (χ3v) is 2.59. The summed E-state index contributed by atoms with van der Waals surface area (Å²) in [5.41, 5.74) is 0. The first-order chi connectivity index (χ1) is 7.36. The molecular weight excluding hydrogens is 192 g/mol. The minimum absolute atomic E-state index is 0.0154. The van der Waals surface area contributed by atoms with Crippen LogP contribution in [0.25, 0.3) is 0 Å². The van der Waals surface area contributed by atoms with Crippen molar-refractivity contribution < 1.29 is 4.79 Å². The molecule has 1 aliphatic heterocycles. The Morgan fingerprint density at radius 1 is 1.67 bits per heavy atom. The number of amides is 1. The molecule has 1 amide bonds. The van der Waals surface area contributed by atoms with Crippen LogP contribution in [0.3, 0.4) is 0 Å². The van der Waals surface area contributed by atoms with Crippen LogP contribution >= 0.6 is 0 Å². The van der Waals surface area contributed by atoms with Crippen molar-refractivity contribution in [2.45, 2.75) is 25.3 Å². The summed E-state index contributed by atoms with van der Waals surface area (Å²) in [7, 11) is 0. The van der Waals surface area contributed by atoms with Gasteiger partial charge in [0, 0.05) is 25.4 Å². The lowest BCUT2D eigenvalue weighted by molar-refractivity contribution is -0.122. The van der Waals surface area contributed by atoms with Gasteiger partial charge < -0.3 is 15.6 Å². The summed E-state index contributed by atoms with van der Waals surface area (Å²) in [5.74, 6) is 1.02. The second-order valence-corrected chi connectivity index (χ2v) is 3.73. The van der Waals surface area contributed by atoms with Gasteiger partial charge in [-0.3, -0.25) is 4.79 Å². The van der Waals surface area contributed by atoms with Gasteiger partial charge in [-0.1, -0.05) is 0 Å². The molecule has 1 saturated heterocycles. The lowest BCUT2D eigenvalue weighted by Crippen LogP contribution is -2.41. The van der Waals surface area contributed by atoms with E-state index in [0.29, 0.717) is 6.54 Å². The molecule has 1 aliphatic rings. The molecule has 0 spiro atoms. The molecule has 82 valence electrons. The Kier molecular flexibility index (Phi) is 3.34. The quantitative estimate of drug-likeness (QED) is 0.643. The highest BCUT2D eigenvalue weighted by Crippen LogP contribution is 2.04. The van der Waals surface area contributed by atoms with E-state index in [2.05, 4.69) is 20.6 Å². The Balaban J connectivity index is 1.67. The van der Waals surface area contributed by atoms with Crippen LogP contribution in [0.15, 0.2) is 12.4 Å². The Morgan fingerprint density at radius 2 is 2.60 bits per heavy atom. The first-order valence-electron chi connectivity index (χ1n) is 5.35. The number of rotatable bonds is 4. The zero-order chi connectivity index (χ0) is 10.5. The molecule has 0 bridgehead atoms. The molecule has 3 N–H and O–H groups in total. The number of carbonyl (C=O) groups is 1. The zero-order valence-corrected chi connectivity index (χ0v) is 8.62. The van der Waals surface area contributed by atoms with Crippen molar-refractivity contribution in [3.8, 4) is 0 Å². The number of nitrogens with one attached hydrogen (secondary N) is 3. The van der Waals surface area contributed by atoms with Crippen LogP contribution in [-0.4, -0.2) is 35.0 Å². The molecule has 0 unspecified atom stereocenters. The van der Waals surface area contributed by atoms with E-state index in [0.717, 1.165) is 31.6 Å². The van der Waals surface area contributed by atoms with Crippen molar-refractivity contribution in [2.24, 2.45) is 0 Å². The standard InChI is InChI=1S/C10H16N4O/c15-10(8-2-1-4-11-8)14-5-3-9-12-6-7-13-9/h6-8,11H,1-5H2,(H,12,13)(H,14,15)/t8-/m1/s1. The minimum Gasteiger partial charge on any atom is -0.354 e. The van der Waals surface area contributed by atoms with Crippen LogP contribution in [0.1, 0.15) is 18.7 Å². The monoisotopic (exact) mass is 208 g/mol. The molecule has 1 atom stereocenters. The average molecular weight is 208 g/mol. The van der Waals surface area contributed by atoms with Gasteiger partial charge in [0.1, 0.15) is 5.82 Å². The van der Waals surface area contributed by atoms with Crippen molar-refractivity contribution >= 4 is 5.91 Å². The van der Waals surface area contributed by atoms with E-state index in [4.69, 9.17) is 0 Å². The summed E-state index contributed by atoms with van der Waals surface area (Å²) in [6, 6.07) is 0.0154. The van der Waals surface area contributed by atoms with Crippen LogP contribution in [0, 0.1) is 0 Å². The third-order valence-electron chi connectivity index (χ3n) is 2.59. The first kappa shape index (κ1) is 10.2. The fraction of sp³-hybridized carbons (Fsp3) is 0.600. The Labute approximate surface area is 88.7 Å². The Morgan fingerprint density at radius 3 is 3.27 bits per heavy atom. The average Bonchev–Trinajstić information content (AvgIpc) is 2.90. The van der Waals surface area contributed by atoms with Gasteiger partial charge in [-0.2, -0.15) is 0 Å². The Hall–Kier alpha value is -1.36. The summed E-state index contributed by atoms with van der Waals surface area (Å²) in [5, 5.41) is 6.07. The van der Waals surface area contributed by atoms with E-state index in [1.807, 2.05) is 0 Å². The first-order valence-corrected chi connectivity index (χ1v) is 5.35. The maximum Gasteiger partial charge on any atom is 0.237 e. The van der Waals surface area contributed by atoms with Crippen LogP contribution in [0.2, 0.25) is 0 Å². The molecule has 5 heteroatoms. The van der Waals surface area contributed by atoms with E-state index >= 15 is 0 Å². The van der Waals surface area contributed by atoms with Crippen molar-refractivity contribution in [2.75, 3.05) is 13.1 Å². The van der Waals surface area contributed by atoms with E-state index in [9.17, 15) is 4.79 Å². The third kappa shape index (κ3) is 2.79. The van der Waals surface area contributed by atoms with Gasteiger partial charge in [0.2, 0.25) is 5.91 Å². The van der Waals surface area contributed by atoms with E-state index in [-0.39, 0.29) is 11.9 Å². The van der Waals surface area contributed by atoms with Crippen molar-refractivity contribution in [1.82, 2.24) is 20.6 Å². The van der Waals surface area contributed by atoms with Gasteiger partial charge in [-0.25, -0.2) is 4.98 Å². The SMILES string of the molecule is O=C(NCCc1ncc[nH]1)[C@H]1CCCN1. The largest absolute Gasteiger partial charge is 0.354 e. The van der Waals surface area contributed by atoms with Crippen molar-refractivity contribution in [1.29, 1.82) is 0 Å².